The van der Waals surface area contributed by atoms with Gasteiger partial charge in [-0.3, -0.25) is 18.7 Å². The van der Waals surface area contributed by atoms with E-state index in [1.807, 2.05) is 56.3 Å². The van der Waals surface area contributed by atoms with Gasteiger partial charge in [-0.2, -0.15) is 5.10 Å². The quantitative estimate of drug-likeness (QED) is 0.440. The van der Waals surface area contributed by atoms with Gasteiger partial charge in [0.2, 0.25) is 0 Å². The number of hydrogen-bond donors (Lipinski definition) is 1. The van der Waals surface area contributed by atoms with Crippen molar-refractivity contribution < 1.29 is 4.79 Å². The smallest absolute Gasteiger partial charge is 0.332 e. The lowest BCUT2D eigenvalue weighted by Crippen LogP contribution is -2.38. The first kappa shape index (κ1) is 22.3. The molecule has 8 heteroatoms. The molecule has 0 atom stereocenters. The van der Waals surface area contributed by atoms with Gasteiger partial charge in [-0.25, -0.2) is 9.48 Å². The van der Waals surface area contributed by atoms with Gasteiger partial charge in [0, 0.05) is 24.8 Å². The Bertz CT molecular complexity index is 1430. The number of anilines is 2. The summed E-state index contributed by atoms with van der Waals surface area (Å²) in [4.78, 5) is 37.7. The molecule has 0 radical (unpaired) electrons. The molecule has 2 aromatic carbocycles. The summed E-state index contributed by atoms with van der Waals surface area (Å²) >= 11 is 0. The number of nitrogens with zero attached hydrogens (tertiary/aromatic N) is 4. The lowest BCUT2D eigenvalue weighted by atomic mass is 10.1. The molecule has 0 fully saturated rings. The first-order valence-electron chi connectivity index (χ1n) is 10.9. The second kappa shape index (κ2) is 8.90. The molecule has 0 aliphatic heterocycles. The van der Waals surface area contributed by atoms with Gasteiger partial charge in [-0.15, -0.1) is 0 Å². The zero-order valence-corrected chi connectivity index (χ0v) is 19.2. The van der Waals surface area contributed by atoms with Crippen LogP contribution in [0.5, 0.6) is 0 Å². The van der Waals surface area contributed by atoms with E-state index in [0.29, 0.717) is 35.5 Å². The number of para-hydroxylation sites is 1. The van der Waals surface area contributed by atoms with Gasteiger partial charge < -0.3 is 5.32 Å². The number of benzene rings is 2. The van der Waals surface area contributed by atoms with Crippen LogP contribution in [0.25, 0.3) is 11.0 Å². The summed E-state index contributed by atoms with van der Waals surface area (Å²) in [7, 11) is 1.49. The normalized spacial score (nSPS) is 11.3. The molecular weight excluding hydrogens is 418 g/mol. The number of ketones is 1. The molecule has 0 saturated carbocycles. The van der Waals surface area contributed by atoms with E-state index in [-0.39, 0.29) is 17.4 Å². The highest BCUT2D eigenvalue weighted by molar-refractivity contribution is 5.94. The third-order valence-electron chi connectivity index (χ3n) is 5.50. The van der Waals surface area contributed by atoms with Crippen molar-refractivity contribution >= 4 is 28.3 Å². The van der Waals surface area contributed by atoms with Gasteiger partial charge in [0.05, 0.1) is 6.54 Å². The molecule has 8 nitrogen and oxygen atoms in total. The number of nitrogens with one attached hydrogen (secondary N) is 1. The number of rotatable bonds is 7. The van der Waals surface area contributed by atoms with Gasteiger partial charge in [0.1, 0.15) is 11.2 Å². The minimum atomic E-state index is -0.397. The van der Waals surface area contributed by atoms with E-state index in [1.165, 1.54) is 14.0 Å². The van der Waals surface area contributed by atoms with Crippen LogP contribution in [0.4, 0.5) is 11.5 Å². The molecule has 0 saturated heterocycles. The minimum Gasteiger partial charge on any atom is -0.340 e. The summed E-state index contributed by atoms with van der Waals surface area (Å²) in [6, 6.07) is 16.8. The van der Waals surface area contributed by atoms with Crippen LogP contribution in [-0.4, -0.2) is 24.7 Å². The fourth-order valence-electron chi connectivity index (χ4n) is 3.81. The highest BCUT2D eigenvalue weighted by atomic mass is 16.2. The fraction of sp³-hybridized carbons (Fsp3) is 0.280. The molecular formula is C25H27N5O3. The molecule has 0 aliphatic carbocycles. The second-order valence-corrected chi connectivity index (χ2v) is 8.60. The Labute approximate surface area is 191 Å². The Hall–Kier alpha value is -3.94. The highest BCUT2D eigenvalue weighted by Crippen LogP contribution is 2.25. The summed E-state index contributed by atoms with van der Waals surface area (Å²) in [5.74, 6) is 0.710. The van der Waals surface area contributed by atoms with Crippen LogP contribution in [0.2, 0.25) is 0 Å². The third kappa shape index (κ3) is 4.37. The van der Waals surface area contributed by atoms with Crippen LogP contribution in [0.1, 0.15) is 36.7 Å². The van der Waals surface area contributed by atoms with Crippen LogP contribution >= 0.6 is 0 Å². The fourth-order valence-corrected chi connectivity index (χ4v) is 3.81. The van der Waals surface area contributed by atoms with Crippen LogP contribution in [0, 0.1) is 5.92 Å². The summed E-state index contributed by atoms with van der Waals surface area (Å²) in [6.45, 7) is 6.36. The number of carbonyl (C=O) groups excluding carboxylic acids is 1. The number of Topliss-reactive ketones (excluding diaryl/α,β-unsaturated/α-hetero) is 1. The van der Waals surface area contributed by atoms with Crippen LogP contribution in [0.15, 0.2) is 64.2 Å². The molecule has 0 aliphatic rings. The summed E-state index contributed by atoms with van der Waals surface area (Å²) in [6.07, 6.45) is 0. The van der Waals surface area contributed by atoms with Gasteiger partial charge in [-0.1, -0.05) is 56.3 Å². The van der Waals surface area contributed by atoms with Crippen LogP contribution < -0.4 is 16.6 Å². The van der Waals surface area contributed by atoms with Gasteiger partial charge in [-0.05, 0) is 30.5 Å². The van der Waals surface area contributed by atoms with E-state index in [2.05, 4.69) is 5.32 Å². The van der Waals surface area contributed by atoms with Crippen molar-refractivity contribution in [2.45, 2.75) is 33.9 Å². The van der Waals surface area contributed by atoms with Crippen molar-refractivity contribution in [2.75, 3.05) is 5.32 Å². The topological polar surface area (TPSA) is 90.9 Å². The summed E-state index contributed by atoms with van der Waals surface area (Å²) in [5, 5.41) is 8.41. The van der Waals surface area contributed by atoms with Gasteiger partial charge in [0.25, 0.3) is 5.56 Å². The Morgan fingerprint density at radius 1 is 1.03 bits per heavy atom. The highest BCUT2D eigenvalue weighted by Gasteiger charge is 2.22. The molecule has 170 valence electrons. The van der Waals surface area contributed by atoms with E-state index >= 15 is 0 Å². The molecule has 0 bridgehead atoms. The van der Waals surface area contributed by atoms with Crippen LogP contribution in [-0.2, 0) is 20.1 Å². The lowest BCUT2D eigenvalue weighted by Gasteiger charge is -2.11. The predicted molar refractivity (Wildman–Crippen MR) is 129 cm³/mol. The molecule has 2 aromatic heterocycles. The molecule has 33 heavy (non-hydrogen) atoms. The molecule has 0 unspecified atom stereocenters. The molecule has 2 heterocycles. The third-order valence-corrected chi connectivity index (χ3v) is 5.50. The standard InChI is InChI=1S/C25H27N5O3/c1-16(2)14-29-23-21(24(32)28(4)25(29)33)22(26-20-8-6-5-7-9-20)30(27-23)15-18-10-12-19(13-11-18)17(3)31/h5-13,16,26H,14-15H2,1-4H3. The zero-order chi connectivity index (χ0) is 23.7. The van der Waals surface area contributed by atoms with E-state index < -0.39 is 5.56 Å². The lowest BCUT2D eigenvalue weighted by molar-refractivity contribution is 0.101. The van der Waals surface area contributed by atoms with Crippen molar-refractivity contribution in [3.63, 3.8) is 0 Å². The Morgan fingerprint density at radius 3 is 2.30 bits per heavy atom. The summed E-state index contributed by atoms with van der Waals surface area (Å²) in [5.41, 5.74) is 1.92. The van der Waals surface area contributed by atoms with Gasteiger partial charge >= 0.3 is 5.69 Å². The molecule has 4 rings (SSSR count). The number of carbonyl (C=O) groups is 1. The number of aromatic nitrogens is 4. The molecule has 1 N–H and O–H groups in total. The maximum absolute atomic E-state index is 13.2. The molecule has 4 aromatic rings. The Balaban J connectivity index is 1.93. The number of fused-ring (bicyclic) bond motifs is 1. The SMILES string of the molecule is CC(=O)c1ccc(Cn2nc3c(c2Nc2ccccc2)c(=O)n(C)c(=O)n3CC(C)C)cc1. The van der Waals surface area contributed by atoms with Crippen molar-refractivity contribution in [1.29, 1.82) is 0 Å². The average Bonchev–Trinajstić information content (AvgIpc) is 3.13. The minimum absolute atomic E-state index is 0.000917. The Kier molecular flexibility index (Phi) is 6.00. The second-order valence-electron chi connectivity index (χ2n) is 8.60. The predicted octanol–water partition coefficient (Wildman–Crippen LogP) is 3.55. The maximum Gasteiger partial charge on any atom is 0.332 e. The first-order chi connectivity index (χ1) is 15.8. The van der Waals surface area contributed by atoms with Crippen molar-refractivity contribution in [1.82, 2.24) is 18.9 Å². The van der Waals surface area contributed by atoms with Crippen LogP contribution in [0.3, 0.4) is 0 Å². The average molecular weight is 446 g/mol. The largest absolute Gasteiger partial charge is 0.340 e. The Morgan fingerprint density at radius 2 is 1.70 bits per heavy atom. The summed E-state index contributed by atoms with van der Waals surface area (Å²) < 4.78 is 4.40. The van der Waals surface area contributed by atoms with Gasteiger partial charge in [0.15, 0.2) is 11.4 Å². The van der Waals surface area contributed by atoms with E-state index in [9.17, 15) is 14.4 Å². The monoisotopic (exact) mass is 445 g/mol. The molecule has 0 amide bonds. The number of hydrogen-bond acceptors (Lipinski definition) is 5. The van der Waals surface area contributed by atoms with E-state index in [4.69, 9.17) is 5.10 Å². The maximum atomic E-state index is 13.2. The molecule has 0 spiro atoms. The van der Waals surface area contributed by atoms with Crippen molar-refractivity contribution in [2.24, 2.45) is 13.0 Å². The van der Waals surface area contributed by atoms with Crippen molar-refractivity contribution in [3.8, 4) is 0 Å². The van der Waals surface area contributed by atoms with E-state index in [0.717, 1.165) is 15.8 Å². The van der Waals surface area contributed by atoms with E-state index in [1.54, 1.807) is 21.4 Å². The first-order valence-corrected chi connectivity index (χ1v) is 10.9. The van der Waals surface area contributed by atoms with Crippen molar-refractivity contribution in [3.05, 3.63) is 86.6 Å². The zero-order valence-electron chi connectivity index (χ0n) is 19.2.